The zero-order valence-electron chi connectivity index (χ0n) is 17.2. The van der Waals surface area contributed by atoms with Gasteiger partial charge in [0.15, 0.2) is 23.7 Å². The molecule has 2 aromatic carbocycles. The lowest BCUT2D eigenvalue weighted by Crippen LogP contribution is -2.54. The van der Waals surface area contributed by atoms with Crippen molar-refractivity contribution in [3.8, 4) is 11.5 Å². The van der Waals surface area contributed by atoms with Crippen LogP contribution in [-0.2, 0) is 22.6 Å². The molecule has 3 aliphatic heterocycles. The number of nitrogens with zero attached hydrogens (tertiary/aromatic N) is 3. The van der Waals surface area contributed by atoms with Crippen molar-refractivity contribution in [2.24, 2.45) is 0 Å². The maximum Gasteiger partial charge on any atom is 0.349 e. The van der Waals surface area contributed by atoms with Gasteiger partial charge in [0, 0.05) is 19.2 Å². The summed E-state index contributed by atoms with van der Waals surface area (Å²) >= 11 is 0. The van der Waals surface area contributed by atoms with Gasteiger partial charge in [0.25, 0.3) is 0 Å². The third kappa shape index (κ3) is 3.20. The van der Waals surface area contributed by atoms with E-state index in [4.69, 9.17) is 14.2 Å². The van der Waals surface area contributed by atoms with E-state index in [0.29, 0.717) is 19.5 Å². The van der Waals surface area contributed by atoms with E-state index in [1.807, 2.05) is 0 Å². The van der Waals surface area contributed by atoms with E-state index in [-0.39, 0.29) is 29.7 Å². The van der Waals surface area contributed by atoms with Crippen LogP contribution in [0.1, 0.15) is 12.0 Å². The van der Waals surface area contributed by atoms with E-state index in [1.165, 1.54) is 18.3 Å². The molecule has 3 unspecified atom stereocenters. The number of anilines is 1. The first-order valence-corrected chi connectivity index (χ1v) is 10.4. The van der Waals surface area contributed by atoms with Crippen molar-refractivity contribution >= 4 is 5.82 Å². The lowest BCUT2D eigenvalue weighted by atomic mass is 9.98. The monoisotopic (exact) mass is 457 g/mol. The van der Waals surface area contributed by atoms with Gasteiger partial charge in [-0.25, -0.2) is 22.9 Å². The van der Waals surface area contributed by atoms with Gasteiger partial charge in [-0.1, -0.05) is 0 Å². The number of benzene rings is 2. The standard InChI is InChI=1S/C23H18F3N3O4/c24-14-1-3-15(4-2-14)32-20-17(25)7-13(8-18(20)26)11-31-21-23-9-16(33-21)10-29(23)19-5-6-27-22(30)28(19)12-23/h1-8,16,21H,9-12H2. The van der Waals surface area contributed by atoms with Crippen LogP contribution in [0.15, 0.2) is 53.5 Å². The minimum Gasteiger partial charge on any atom is -0.451 e. The molecular weight excluding hydrogens is 439 g/mol. The molecule has 33 heavy (non-hydrogen) atoms. The summed E-state index contributed by atoms with van der Waals surface area (Å²) < 4.78 is 61.0. The number of hydrogen-bond donors (Lipinski definition) is 0. The van der Waals surface area contributed by atoms with E-state index < -0.39 is 35.0 Å². The first kappa shape index (κ1) is 20.3. The zero-order valence-corrected chi connectivity index (χ0v) is 17.2. The van der Waals surface area contributed by atoms with Crippen molar-refractivity contribution in [1.29, 1.82) is 0 Å². The maximum atomic E-state index is 14.6. The van der Waals surface area contributed by atoms with Crippen molar-refractivity contribution in [3.63, 3.8) is 0 Å². The number of ether oxygens (including phenoxy) is 3. The fraction of sp³-hybridized carbons (Fsp3) is 0.304. The normalized spacial score (nSPS) is 24.8. The smallest absolute Gasteiger partial charge is 0.349 e. The van der Waals surface area contributed by atoms with Crippen LogP contribution in [-0.4, -0.2) is 34.0 Å². The molecule has 0 saturated carbocycles. The van der Waals surface area contributed by atoms with Crippen molar-refractivity contribution in [2.45, 2.75) is 37.5 Å². The van der Waals surface area contributed by atoms with Crippen molar-refractivity contribution < 1.29 is 27.4 Å². The first-order valence-electron chi connectivity index (χ1n) is 10.4. The SMILES string of the molecule is O=c1nccc2n1CC13CC(CN21)OC3OCc1cc(F)c(Oc2ccc(F)cc2)c(F)c1. The van der Waals surface area contributed by atoms with Gasteiger partial charge in [0.2, 0.25) is 0 Å². The van der Waals surface area contributed by atoms with Crippen LogP contribution in [0.3, 0.4) is 0 Å². The largest absolute Gasteiger partial charge is 0.451 e. The van der Waals surface area contributed by atoms with Gasteiger partial charge in [-0.3, -0.25) is 4.57 Å². The average Bonchev–Trinajstić information content (AvgIpc) is 3.43. The van der Waals surface area contributed by atoms with E-state index in [0.717, 1.165) is 30.1 Å². The summed E-state index contributed by atoms with van der Waals surface area (Å²) in [5.41, 5.74) is -0.623. The number of fused-ring (bicyclic) bond motifs is 3. The predicted octanol–water partition coefficient (Wildman–Crippen LogP) is 3.36. The van der Waals surface area contributed by atoms with E-state index in [9.17, 15) is 18.0 Å². The fourth-order valence-electron chi connectivity index (χ4n) is 4.98. The quantitative estimate of drug-likeness (QED) is 0.586. The molecule has 0 amide bonds. The van der Waals surface area contributed by atoms with E-state index in [1.54, 1.807) is 10.6 Å². The first-order chi connectivity index (χ1) is 15.9. The summed E-state index contributed by atoms with van der Waals surface area (Å²) in [6.07, 6.45) is 1.45. The topological polar surface area (TPSA) is 65.8 Å². The Balaban J connectivity index is 1.19. The highest BCUT2D eigenvalue weighted by Gasteiger charge is 2.63. The molecule has 3 atom stereocenters. The summed E-state index contributed by atoms with van der Waals surface area (Å²) in [6.45, 7) is 0.923. The Morgan fingerprint density at radius 3 is 2.64 bits per heavy atom. The molecule has 3 aromatic rings. The Kier molecular flexibility index (Phi) is 4.49. The van der Waals surface area contributed by atoms with Crippen LogP contribution in [0.4, 0.5) is 19.0 Å². The Morgan fingerprint density at radius 1 is 1.12 bits per heavy atom. The minimum absolute atomic E-state index is 0.0491. The van der Waals surface area contributed by atoms with Crippen LogP contribution in [0.25, 0.3) is 0 Å². The van der Waals surface area contributed by atoms with Crippen LogP contribution in [0, 0.1) is 17.5 Å². The molecule has 0 N–H and O–H groups in total. The second-order valence-corrected chi connectivity index (χ2v) is 8.44. The zero-order chi connectivity index (χ0) is 22.7. The van der Waals surface area contributed by atoms with Crippen molar-refractivity contribution in [3.05, 3.63) is 82.2 Å². The fourth-order valence-corrected chi connectivity index (χ4v) is 4.98. The molecule has 10 heteroatoms. The number of morpholine rings is 1. The molecular formula is C23H18F3N3O4. The molecule has 0 aliphatic carbocycles. The highest BCUT2D eigenvalue weighted by Crippen LogP contribution is 2.50. The summed E-state index contributed by atoms with van der Waals surface area (Å²) in [5, 5.41) is 0. The summed E-state index contributed by atoms with van der Waals surface area (Å²) in [4.78, 5) is 18.1. The van der Waals surface area contributed by atoms with Crippen LogP contribution < -0.4 is 15.3 Å². The average molecular weight is 457 g/mol. The molecule has 6 rings (SSSR count). The Labute approximate surface area is 185 Å². The molecule has 0 radical (unpaired) electrons. The summed E-state index contributed by atoms with van der Waals surface area (Å²) in [7, 11) is 0. The number of rotatable bonds is 5. The molecule has 4 heterocycles. The Morgan fingerprint density at radius 2 is 1.88 bits per heavy atom. The molecule has 7 nitrogen and oxygen atoms in total. The Bertz CT molecular complexity index is 1280. The van der Waals surface area contributed by atoms with Gasteiger partial charge in [0.05, 0.1) is 19.3 Å². The molecule has 1 aromatic heterocycles. The molecule has 1 spiro atoms. The minimum atomic E-state index is -0.905. The van der Waals surface area contributed by atoms with Crippen LogP contribution in [0.5, 0.6) is 11.5 Å². The third-order valence-electron chi connectivity index (χ3n) is 6.38. The second-order valence-electron chi connectivity index (χ2n) is 8.44. The highest BCUT2D eigenvalue weighted by molar-refractivity contribution is 5.51. The van der Waals surface area contributed by atoms with Gasteiger partial charge in [-0.2, -0.15) is 0 Å². The number of hydrogen-bond acceptors (Lipinski definition) is 6. The maximum absolute atomic E-state index is 14.6. The summed E-state index contributed by atoms with van der Waals surface area (Å²) in [5.74, 6) is -1.99. The Hall–Kier alpha value is -3.37. The van der Waals surface area contributed by atoms with Crippen molar-refractivity contribution in [2.75, 3.05) is 11.4 Å². The van der Waals surface area contributed by atoms with Crippen LogP contribution in [0.2, 0.25) is 0 Å². The van der Waals surface area contributed by atoms with Crippen LogP contribution >= 0.6 is 0 Å². The third-order valence-corrected chi connectivity index (χ3v) is 6.38. The van der Waals surface area contributed by atoms with Gasteiger partial charge in [-0.15, -0.1) is 0 Å². The van der Waals surface area contributed by atoms with E-state index in [2.05, 4.69) is 9.88 Å². The lowest BCUT2D eigenvalue weighted by Gasteiger charge is -2.38. The molecule has 3 aliphatic rings. The van der Waals surface area contributed by atoms with Gasteiger partial charge in [-0.05, 0) is 48.0 Å². The summed E-state index contributed by atoms with van der Waals surface area (Å²) in [6, 6.07) is 8.88. The van der Waals surface area contributed by atoms with Crippen molar-refractivity contribution in [1.82, 2.24) is 9.55 Å². The molecule has 2 saturated heterocycles. The second kappa shape index (κ2) is 7.32. The van der Waals surface area contributed by atoms with Gasteiger partial charge < -0.3 is 19.1 Å². The number of aromatic nitrogens is 2. The van der Waals surface area contributed by atoms with E-state index >= 15 is 0 Å². The number of halogens is 3. The molecule has 2 bridgehead atoms. The van der Waals surface area contributed by atoms with Gasteiger partial charge >= 0.3 is 5.69 Å². The lowest BCUT2D eigenvalue weighted by molar-refractivity contribution is -0.174. The molecule has 2 fully saturated rings. The highest BCUT2D eigenvalue weighted by atomic mass is 19.1. The predicted molar refractivity (Wildman–Crippen MR) is 109 cm³/mol. The molecule has 170 valence electrons. The van der Waals surface area contributed by atoms with Gasteiger partial charge in [0.1, 0.15) is 22.9 Å².